The molecule has 0 spiro atoms. The number of rotatable bonds is 3. The molecular formula is C13H16N4O2S. The molecule has 1 aliphatic rings. The minimum absolute atomic E-state index is 0.0824. The van der Waals surface area contributed by atoms with Crippen LogP contribution in [0.15, 0.2) is 12.3 Å². The summed E-state index contributed by atoms with van der Waals surface area (Å²) < 4.78 is 5.55. The summed E-state index contributed by atoms with van der Waals surface area (Å²) in [4.78, 5) is 15.4. The Bertz CT molecular complexity index is 636. The molecule has 1 aliphatic heterocycles. The van der Waals surface area contributed by atoms with Crippen LogP contribution in [0.2, 0.25) is 0 Å². The van der Waals surface area contributed by atoms with Gasteiger partial charge in [0.2, 0.25) is 0 Å². The van der Waals surface area contributed by atoms with Gasteiger partial charge < -0.3 is 15.4 Å². The maximum absolute atomic E-state index is 12.5. The maximum atomic E-state index is 12.5. The second-order valence-corrected chi connectivity index (χ2v) is 5.91. The second-order valence-electron chi connectivity index (χ2n) is 4.92. The normalized spacial score (nSPS) is 18.6. The van der Waals surface area contributed by atoms with Crippen molar-refractivity contribution in [2.24, 2.45) is 0 Å². The predicted molar refractivity (Wildman–Crippen MR) is 77.8 cm³/mol. The number of thiophene rings is 1. The molecule has 106 valence electrons. The van der Waals surface area contributed by atoms with Crippen molar-refractivity contribution in [1.29, 1.82) is 0 Å². The van der Waals surface area contributed by atoms with Crippen LogP contribution in [0.4, 0.5) is 5.69 Å². The van der Waals surface area contributed by atoms with Gasteiger partial charge in [0.25, 0.3) is 5.91 Å². The van der Waals surface area contributed by atoms with Gasteiger partial charge in [-0.05, 0) is 18.9 Å². The van der Waals surface area contributed by atoms with Crippen molar-refractivity contribution in [3.8, 4) is 0 Å². The highest BCUT2D eigenvalue weighted by atomic mass is 32.1. The fourth-order valence-electron chi connectivity index (χ4n) is 2.38. The average molecular weight is 292 g/mol. The number of anilines is 1. The van der Waals surface area contributed by atoms with Crippen molar-refractivity contribution in [2.75, 3.05) is 25.9 Å². The van der Waals surface area contributed by atoms with Crippen LogP contribution in [0.1, 0.15) is 22.5 Å². The Morgan fingerprint density at radius 2 is 2.50 bits per heavy atom. The van der Waals surface area contributed by atoms with E-state index in [1.807, 2.05) is 0 Å². The first kappa shape index (κ1) is 13.3. The average Bonchev–Trinajstić information content (AvgIpc) is 3.07. The summed E-state index contributed by atoms with van der Waals surface area (Å²) in [5, 5.41) is 8.61. The van der Waals surface area contributed by atoms with E-state index in [0.29, 0.717) is 21.9 Å². The molecule has 0 bridgehead atoms. The van der Waals surface area contributed by atoms with Gasteiger partial charge in [0.15, 0.2) is 0 Å². The molecule has 2 aromatic rings. The molecule has 1 unspecified atom stereocenters. The van der Waals surface area contributed by atoms with Crippen molar-refractivity contribution < 1.29 is 9.53 Å². The number of hydrogen-bond donors (Lipinski definition) is 1. The monoisotopic (exact) mass is 292 g/mol. The second kappa shape index (κ2) is 5.34. The SMILES string of the molecule is CN(CC1CCCO1)C(=O)c1sc2nnccc2c1N. The highest BCUT2D eigenvalue weighted by molar-refractivity contribution is 7.21. The minimum atomic E-state index is -0.0824. The number of nitrogens with two attached hydrogens (primary N) is 1. The van der Waals surface area contributed by atoms with E-state index in [-0.39, 0.29) is 12.0 Å². The third-order valence-corrected chi connectivity index (χ3v) is 4.56. The molecule has 0 aliphatic carbocycles. The standard InChI is InChI=1S/C13H16N4O2S/c1-17(7-8-3-2-6-19-8)13(18)11-10(14)9-4-5-15-16-12(9)20-11/h4-5,8H,2-3,6-7,14H2,1H3. The summed E-state index contributed by atoms with van der Waals surface area (Å²) in [5.41, 5.74) is 6.54. The lowest BCUT2D eigenvalue weighted by atomic mass is 10.2. The van der Waals surface area contributed by atoms with Crippen LogP contribution in [-0.4, -0.2) is 47.3 Å². The molecule has 2 aromatic heterocycles. The van der Waals surface area contributed by atoms with Crippen LogP contribution in [-0.2, 0) is 4.74 Å². The summed E-state index contributed by atoms with van der Waals surface area (Å²) in [6, 6.07) is 1.78. The highest BCUT2D eigenvalue weighted by Gasteiger charge is 2.24. The Morgan fingerprint density at radius 1 is 1.65 bits per heavy atom. The highest BCUT2D eigenvalue weighted by Crippen LogP contribution is 2.32. The van der Waals surface area contributed by atoms with Crippen LogP contribution < -0.4 is 5.73 Å². The molecule has 6 nitrogen and oxygen atoms in total. The zero-order valence-corrected chi connectivity index (χ0v) is 12.0. The smallest absolute Gasteiger partial charge is 0.265 e. The summed E-state index contributed by atoms with van der Waals surface area (Å²) in [7, 11) is 1.78. The molecular weight excluding hydrogens is 276 g/mol. The fraction of sp³-hybridized carbons (Fsp3) is 0.462. The van der Waals surface area contributed by atoms with E-state index in [0.717, 1.165) is 24.8 Å². The van der Waals surface area contributed by atoms with Gasteiger partial charge in [-0.25, -0.2) is 0 Å². The van der Waals surface area contributed by atoms with Crippen LogP contribution in [0.25, 0.3) is 10.2 Å². The van der Waals surface area contributed by atoms with E-state index >= 15 is 0 Å². The van der Waals surface area contributed by atoms with Crippen LogP contribution in [0, 0.1) is 0 Å². The number of fused-ring (bicyclic) bond motifs is 1. The Balaban J connectivity index is 1.82. The van der Waals surface area contributed by atoms with Gasteiger partial charge in [-0.15, -0.1) is 16.4 Å². The summed E-state index contributed by atoms with van der Waals surface area (Å²) >= 11 is 1.29. The molecule has 20 heavy (non-hydrogen) atoms. The van der Waals surface area contributed by atoms with Gasteiger partial charge in [0.05, 0.1) is 18.0 Å². The summed E-state index contributed by atoms with van der Waals surface area (Å²) in [6.45, 7) is 1.38. The van der Waals surface area contributed by atoms with Gasteiger partial charge in [-0.2, -0.15) is 5.10 Å². The number of ether oxygens (including phenoxy) is 1. The van der Waals surface area contributed by atoms with Crippen LogP contribution in [0.5, 0.6) is 0 Å². The van der Waals surface area contributed by atoms with Crippen LogP contribution >= 0.6 is 11.3 Å². The van der Waals surface area contributed by atoms with Crippen molar-refractivity contribution in [3.05, 3.63) is 17.1 Å². The van der Waals surface area contributed by atoms with E-state index in [4.69, 9.17) is 10.5 Å². The molecule has 1 amide bonds. The van der Waals surface area contributed by atoms with Crippen molar-refractivity contribution in [3.63, 3.8) is 0 Å². The molecule has 0 aromatic carbocycles. The van der Waals surface area contributed by atoms with E-state index in [9.17, 15) is 4.79 Å². The first-order valence-corrected chi connectivity index (χ1v) is 7.35. The lowest BCUT2D eigenvalue weighted by Gasteiger charge is -2.20. The molecule has 3 rings (SSSR count). The number of nitrogens with zero attached hydrogens (tertiary/aromatic N) is 3. The molecule has 1 atom stereocenters. The number of hydrogen-bond acceptors (Lipinski definition) is 6. The number of aromatic nitrogens is 2. The molecule has 2 N–H and O–H groups in total. The van der Waals surface area contributed by atoms with Crippen molar-refractivity contribution >= 4 is 33.1 Å². The molecule has 0 radical (unpaired) electrons. The van der Waals surface area contributed by atoms with Gasteiger partial charge in [-0.3, -0.25) is 4.79 Å². The first-order valence-electron chi connectivity index (χ1n) is 6.53. The van der Waals surface area contributed by atoms with Gasteiger partial charge in [0.1, 0.15) is 9.71 Å². The largest absolute Gasteiger partial charge is 0.397 e. The van der Waals surface area contributed by atoms with Gasteiger partial charge in [0, 0.05) is 25.6 Å². The van der Waals surface area contributed by atoms with E-state index in [1.165, 1.54) is 11.3 Å². The first-order chi connectivity index (χ1) is 9.66. The number of carbonyl (C=O) groups excluding carboxylic acids is 1. The third kappa shape index (κ3) is 2.34. The fourth-order valence-corrected chi connectivity index (χ4v) is 3.41. The Kier molecular flexibility index (Phi) is 3.54. The molecule has 1 fully saturated rings. The molecule has 7 heteroatoms. The molecule has 3 heterocycles. The van der Waals surface area contributed by atoms with Gasteiger partial charge in [-0.1, -0.05) is 0 Å². The van der Waals surface area contributed by atoms with Crippen LogP contribution in [0.3, 0.4) is 0 Å². The number of likely N-dealkylation sites (N-methyl/N-ethyl adjacent to an activating group) is 1. The minimum Gasteiger partial charge on any atom is -0.397 e. The molecule has 0 saturated carbocycles. The zero-order chi connectivity index (χ0) is 14.1. The lowest BCUT2D eigenvalue weighted by molar-refractivity contribution is 0.0591. The molecule has 1 saturated heterocycles. The van der Waals surface area contributed by atoms with E-state index < -0.39 is 0 Å². The maximum Gasteiger partial charge on any atom is 0.265 e. The topological polar surface area (TPSA) is 81.3 Å². The van der Waals surface area contributed by atoms with Crippen molar-refractivity contribution in [2.45, 2.75) is 18.9 Å². The zero-order valence-electron chi connectivity index (χ0n) is 11.2. The number of nitrogen functional groups attached to an aromatic ring is 1. The Morgan fingerprint density at radius 3 is 3.20 bits per heavy atom. The van der Waals surface area contributed by atoms with Gasteiger partial charge >= 0.3 is 0 Å². The summed E-state index contributed by atoms with van der Waals surface area (Å²) in [5.74, 6) is -0.0824. The lowest BCUT2D eigenvalue weighted by Crippen LogP contribution is -2.33. The van der Waals surface area contributed by atoms with E-state index in [2.05, 4.69) is 10.2 Å². The Labute approximate surface area is 120 Å². The number of amides is 1. The number of carbonyl (C=O) groups is 1. The predicted octanol–water partition coefficient (Wildman–Crippen LogP) is 1.52. The quantitative estimate of drug-likeness (QED) is 0.927. The summed E-state index contributed by atoms with van der Waals surface area (Å²) in [6.07, 6.45) is 3.79. The Hall–Kier alpha value is -1.73. The third-order valence-electron chi connectivity index (χ3n) is 3.46. The van der Waals surface area contributed by atoms with E-state index in [1.54, 1.807) is 24.2 Å². The van der Waals surface area contributed by atoms with Crippen molar-refractivity contribution in [1.82, 2.24) is 15.1 Å².